The molecular formula is C26H23ClN4O2. The zero-order valence-corrected chi connectivity index (χ0v) is 18.8. The number of aromatic nitrogens is 2. The number of ether oxygens (including phenoxy) is 1. The van der Waals surface area contributed by atoms with Crippen LogP contribution in [0.4, 0.5) is 17.2 Å². The highest BCUT2D eigenvalue weighted by molar-refractivity contribution is 6.32. The van der Waals surface area contributed by atoms with Crippen molar-refractivity contribution in [2.24, 2.45) is 0 Å². The van der Waals surface area contributed by atoms with Gasteiger partial charge in [0.25, 0.3) is 0 Å². The molecule has 4 rings (SSSR count). The summed E-state index contributed by atoms with van der Waals surface area (Å²) in [5.41, 5.74) is 3.34. The summed E-state index contributed by atoms with van der Waals surface area (Å²) >= 11 is 6.07. The van der Waals surface area contributed by atoms with E-state index in [9.17, 15) is 4.79 Å². The summed E-state index contributed by atoms with van der Waals surface area (Å²) in [7, 11) is 0. The van der Waals surface area contributed by atoms with Crippen molar-refractivity contribution in [2.45, 2.75) is 13.3 Å². The Balaban J connectivity index is 1.37. The molecule has 0 aliphatic rings. The van der Waals surface area contributed by atoms with Crippen LogP contribution in [0.5, 0.6) is 5.75 Å². The first kappa shape index (κ1) is 22.3. The third kappa shape index (κ3) is 6.30. The van der Waals surface area contributed by atoms with E-state index < -0.39 is 0 Å². The van der Waals surface area contributed by atoms with Crippen LogP contribution in [-0.4, -0.2) is 22.5 Å². The molecule has 33 heavy (non-hydrogen) atoms. The summed E-state index contributed by atoms with van der Waals surface area (Å²) in [6, 6.07) is 26.5. The average molecular weight is 459 g/mol. The van der Waals surface area contributed by atoms with Gasteiger partial charge in [0.05, 0.1) is 23.7 Å². The molecule has 0 unspecified atom stereocenters. The lowest BCUT2D eigenvalue weighted by Crippen LogP contribution is -2.15. The molecular weight excluding hydrogens is 436 g/mol. The summed E-state index contributed by atoms with van der Waals surface area (Å²) < 4.78 is 5.59. The van der Waals surface area contributed by atoms with Gasteiger partial charge in [-0.05, 0) is 37.3 Å². The number of hydrogen-bond donors (Lipinski definition) is 2. The van der Waals surface area contributed by atoms with Gasteiger partial charge in [0.15, 0.2) is 0 Å². The first-order valence-corrected chi connectivity index (χ1v) is 10.9. The van der Waals surface area contributed by atoms with Crippen molar-refractivity contribution in [1.82, 2.24) is 9.97 Å². The van der Waals surface area contributed by atoms with Gasteiger partial charge in [-0.3, -0.25) is 4.79 Å². The van der Waals surface area contributed by atoms with Crippen molar-refractivity contribution in [2.75, 3.05) is 17.2 Å². The molecule has 4 aromatic rings. The maximum Gasteiger partial charge on any atom is 0.227 e. The molecule has 1 heterocycles. The Labute approximate surface area is 197 Å². The van der Waals surface area contributed by atoms with Gasteiger partial charge in [-0.25, -0.2) is 9.97 Å². The minimum Gasteiger partial charge on any atom is -0.491 e. The summed E-state index contributed by atoms with van der Waals surface area (Å²) in [4.78, 5) is 21.4. The quantitative estimate of drug-likeness (QED) is 0.326. The third-order valence-corrected chi connectivity index (χ3v) is 5.06. The van der Waals surface area contributed by atoms with Crippen LogP contribution in [0.1, 0.15) is 12.2 Å². The van der Waals surface area contributed by atoms with Crippen LogP contribution >= 0.6 is 11.6 Å². The molecule has 0 saturated carbocycles. The molecule has 0 spiro atoms. The Morgan fingerprint density at radius 2 is 1.67 bits per heavy atom. The van der Waals surface area contributed by atoms with E-state index in [2.05, 4.69) is 20.6 Å². The number of amides is 1. The monoisotopic (exact) mass is 458 g/mol. The van der Waals surface area contributed by atoms with E-state index in [-0.39, 0.29) is 18.9 Å². The lowest BCUT2D eigenvalue weighted by Gasteiger charge is -2.11. The van der Waals surface area contributed by atoms with Crippen LogP contribution in [0.3, 0.4) is 0 Å². The second-order valence-electron chi connectivity index (χ2n) is 7.33. The predicted molar refractivity (Wildman–Crippen MR) is 132 cm³/mol. The van der Waals surface area contributed by atoms with Crippen molar-refractivity contribution in [3.8, 4) is 17.0 Å². The molecule has 0 bridgehead atoms. The van der Waals surface area contributed by atoms with Gasteiger partial charge in [0, 0.05) is 23.0 Å². The molecule has 0 radical (unpaired) electrons. The molecule has 7 heteroatoms. The number of anilines is 3. The predicted octanol–water partition coefficient (Wildman–Crippen LogP) is 6.26. The van der Waals surface area contributed by atoms with E-state index in [0.29, 0.717) is 28.1 Å². The van der Waals surface area contributed by atoms with Crippen molar-refractivity contribution in [3.05, 3.63) is 95.8 Å². The Morgan fingerprint density at radius 1 is 0.909 bits per heavy atom. The summed E-state index contributed by atoms with van der Waals surface area (Å²) in [5, 5.41) is 6.71. The molecule has 0 aliphatic heterocycles. The Morgan fingerprint density at radius 3 is 2.48 bits per heavy atom. The van der Waals surface area contributed by atoms with Crippen LogP contribution < -0.4 is 15.4 Å². The number of rotatable bonds is 8. The number of aryl methyl sites for hydroxylation is 1. The number of nitrogens with zero attached hydrogens (tertiary/aromatic N) is 2. The molecule has 0 saturated heterocycles. The van der Waals surface area contributed by atoms with Gasteiger partial charge in [-0.2, -0.15) is 0 Å². The molecule has 2 N–H and O–H groups in total. The standard InChI is InChI=1S/C26H23ClN4O2/c1-18-28-23(19-8-3-2-4-9-19)17-25(29-18)30-20-10-7-11-21(16-20)31-26(32)14-15-33-24-13-6-5-12-22(24)27/h2-13,16-17H,14-15H2,1H3,(H,31,32)(H,28,29,30). The number of nitrogens with one attached hydrogen (secondary N) is 2. The summed E-state index contributed by atoms with van der Waals surface area (Å²) in [6.07, 6.45) is 0.203. The number of hydrogen-bond acceptors (Lipinski definition) is 5. The average Bonchev–Trinajstić information content (AvgIpc) is 2.81. The highest BCUT2D eigenvalue weighted by atomic mass is 35.5. The highest BCUT2D eigenvalue weighted by Gasteiger charge is 2.08. The van der Waals surface area contributed by atoms with E-state index in [1.54, 1.807) is 12.1 Å². The number of carbonyl (C=O) groups excluding carboxylic acids is 1. The summed E-state index contributed by atoms with van der Waals surface area (Å²) in [5.74, 6) is 1.76. The van der Waals surface area contributed by atoms with Crippen LogP contribution in [-0.2, 0) is 4.79 Å². The lowest BCUT2D eigenvalue weighted by atomic mass is 10.1. The molecule has 6 nitrogen and oxygen atoms in total. The van der Waals surface area contributed by atoms with Gasteiger partial charge in [0.1, 0.15) is 17.4 Å². The van der Waals surface area contributed by atoms with Crippen molar-refractivity contribution in [1.29, 1.82) is 0 Å². The molecule has 166 valence electrons. The summed E-state index contributed by atoms with van der Waals surface area (Å²) in [6.45, 7) is 2.09. The van der Waals surface area contributed by atoms with Crippen LogP contribution in [0.15, 0.2) is 84.9 Å². The van der Waals surface area contributed by atoms with Gasteiger partial charge >= 0.3 is 0 Å². The highest BCUT2D eigenvalue weighted by Crippen LogP contribution is 2.24. The van der Waals surface area contributed by atoms with Crippen LogP contribution in [0.2, 0.25) is 5.02 Å². The lowest BCUT2D eigenvalue weighted by molar-refractivity contribution is -0.116. The first-order valence-electron chi connectivity index (χ1n) is 10.5. The molecule has 0 atom stereocenters. The topological polar surface area (TPSA) is 76.1 Å². The fourth-order valence-corrected chi connectivity index (χ4v) is 3.44. The van der Waals surface area contributed by atoms with Crippen molar-refractivity contribution in [3.63, 3.8) is 0 Å². The van der Waals surface area contributed by atoms with Crippen molar-refractivity contribution < 1.29 is 9.53 Å². The zero-order chi connectivity index (χ0) is 23.0. The van der Waals surface area contributed by atoms with Gasteiger partial charge in [-0.15, -0.1) is 0 Å². The number of benzene rings is 3. The molecule has 0 fully saturated rings. The number of halogens is 1. The third-order valence-electron chi connectivity index (χ3n) is 4.75. The van der Waals surface area contributed by atoms with E-state index in [0.717, 1.165) is 16.9 Å². The SMILES string of the molecule is Cc1nc(Nc2cccc(NC(=O)CCOc3ccccc3Cl)c2)cc(-c2ccccc2)n1. The largest absolute Gasteiger partial charge is 0.491 e. The van der Waals surface area contributed by atoms with E-state index in [1.165, 1.54) is 0 Å². The molecule has 1 aromatic heterocycles. The number of para-hydroxylation sites is 1. The zero-order valence-electron chi connectivity index (χ0n) is 18.1. The first-order chi connectivity index (χ1) is 16.1. The maximum atomic E-state index is 12.3. The molecule has 1 amide bonds. The molecule has 0 aliphatic carbocycles. The second-order valence-corrected chi connectivity index (χ2v) is 7.74. The minimum absolute atomic E-state index is 0.150. The Kier molecular flexibility index (Phi) is 7.17. The number of carbonyl (C=O) groups is 1. The maximum absolute atomic E-state index is 12.3. The fraction of sp³-hybridized carbons (Fsp3) is 0.115. The van der Waals surface area contributed by atoms with Gasteiger partial charge in [0.2, 0.25) is 5.91 Å². The van der Waals surface area contributed by atoms with Crippen LogP contribution in [0.25, 0.3) is 11.3 Å². The van der Waals surface area contributed by atoms with Crippen molar-refractivity contribution >= 4 is 34.7 Å². The fourth-order valence-electron chi connectivity index (χ4n) is 3.25. The smallest absolute Gasteiger partial charge is 0.227 e. The molecule has 3 aromatic carbocycles. The van der Waals surface area contributed by atoms with Gasteiger partial charge in [-0.1, -0.05) is 60.1 Å². The Bertz CT molecular complexity index is 1250. The van der Waals surface area contributed by atoms with E-state index in [1.807, 2.05) is 79.7 Å². The minimum atomic E-state index is -0.150. The second kappa shape index (κ2) is 10.6. The Hall–Kier alpha value is -3.90. The van der Waals surface area contributed by atoms with Crippen LogP contribution in [0, 0.1) is 6.92 Å². The van der Waals surface area contributed by atoms with E-state index >= 15 is 0 Å². The van der Waals surface area contributed by atoms with E-state index in [4.69, 9.17) is 16.3 Å². The van der Waals surface area contributed by atoms with Gasteiger partial charge < -0.3 is 15.4 Å². The normalized spacial score (nSPS) is 10.5.